The number of aromatic nitrogens is 2. The number of nitrogens with zero attached hydrogens (tertiary/aromatic N) is 1. The van der Waals surface area contributed by atoms with Gasteiger partial charge in [0.15, 0.2) is 17.5 Å². The molecule has 5 nitrogen and oxygen atoms in total. The van der Waals surface area contributed by atoms with Gasteiger partial charge in [-0.05, 0) is 72.9 Å². The second kappa shape index (κ2) is 10.4. The summed E-state index contributed by atoms with van der Waals surface area (Å²) in [4.78, 5) is 12.7. The minimum Gasteiger partial charge on any atom is -0.349 e. The van der Waals surface area contributed by atoms with E-state index in [1.165, 1.54) is 12.1 Å². The van der Waals surface area contributed by atoms with Crippen LogP contribution in [0, 0.1) is 30.2 Å². The van der Waals surface area contributed by atoms with E-state index in [4.69, 9.17) is 0 Å². The third-order valence-electron chi connectivity index (χ3n) is 5.57. The average Bonchev–Trinajstić information content (AvgIpc) is 3.30. The van der Waals surface area contributed by atoms with Crippen LogP contribution in [0.1, 0.15) is 27.9 Å². The van der Waals surface area contributed by atoms with E-state index in [0.29, 0.717) is 42.0 Å². The van der Waals surface area contributed by atoms with Gasteiger partial charge in [-0.2, -0.15) is 5.10 Å². The van der Waals surface area contributed by atoms with Crippen LogP contribution >= 0.6 is 0 Å². The summed E-state index contributed by atoms with van der Waals surface area (Å²) in [7, 11) is 0. The Morgan fingerprint density at radius 3 is 2.34 bits per heavy atom. The number of hydrogen-bond donors (Lipinski definition) is 3. The van der Waals surface area contributed by atoms with Crippen molar-refractivity contribution in [2.45, 2.75) is 25.9 Å². The smallest absolute Gasteiger partial charge is 0.253 e. The Kier molecular flexibility index (Phi) is 7.14. The maximum Gasteiger partial charge on any atom is 0.253 e. The Hall–Kier alpha value is -4.14. The van der Waals surface area contributed by atoms with Gasteiger partial charge < -0.3 is 10.6 Å². The molecule has 1 heterocycles. The number of hydrogen-bond acceptors (Lipinski definition) is 3. The fraction of sp³-hybridized carbons (Fsp3) is 0.154. The van der Waals surface area contributed by atoms with Crippen LogP contribution in [-0.2, 0) is 6.42 Å². The topological polar surface area (TPSA) is 69.8 Å². The lowest BCUT2D eigenvalue weighted by Gasteiger charge is -2.21. The molecule has 0 aliphatic rings. The maximum absolute atomic E-state index is 13.6. The summed E-state index contributed by atoms with van der Waals surface area (Å²) in [6.45, 7) is 1.98. The van der Waals surface area contributed by atoms with Crippen molar-refractivity contribution in [2.24, 2.45) is 0 Å². The van der Waals surface area contributed by atoms with Crippen molar-refractivity contribution in [3.8, 4) is 11.3 Å². The van der Waals surface area contributed by atoms with Gasteiger partial charge in [-0.15, -0.1) is 0 Å². The van der Waals surface area contributed by atoms with Crippen LogP contribution in [0.4, 0.5) is 23.4 Å². The SMILES string of the molecule is Cc1ccccc1CCC(NC(=O)c1cc(F)c(F)c(F)c1)Nc1cc(-c2ccc(F)cc2)[nH]n1. The highest BCUT2D eigenvalue weighted by molar-refractivity contribution is 5.94. The fourth-order valence-electron chi connectivity index (χ4n) is 3.65. The van der Waals surface area contributed by atoms with Crippen LogP contribution in [0.5, 0.6) is 0 Å². The molecular formula is C26H22F4N4O. The highest BCUT2D eigenvalue weighted by atomic mass is 19.2. The van der Waals surface area contributed by atoms with Crippen molar-refractivity contribution in [3.63, 3.8) is 0 Å². The minimum absolute atomic E-state index is 0.349. The Morgan fingerprint density at radius 1 is 0.971 bits per heavy atom. The summed E-state index contributed by atoms with van der Waals surface area (Å²) in [5.74, 6) is -5.28. The van der Waals surface area contributed by atoms with Crippen LogP contribution in [0.3, 0.4) is 0 Å². The highest BCUT2D eigenvalue weighted by Crippen LogP contribution is 2.21. The van der Waals surface area contributed by atoms with E-state index in [9.17, 15) is 22.4 Å². The van der Waals surface area contributed by atoms with Crippen LogP contribution in [0.25, 0.3) is 11.3 Å². The van der Waals surface area contributed by atoms with E-state index in [-0.39, 0.29) is 11.4 Å². The number of aromatic amines is 1. The Labute approximate surface area is 199 Å². The first kappa shape index (κ1) is 24.0. The molecule has 0 saturated heterocycles. The summed E-state index contributed by atoms with van der Waals surface area (Å²) in [5, 5.41) is 12.8. The molecule has 0 bridgehead atoms. The van der Waals surface area contributed by atoms with E-state index in [1.807, 2.05) is 31.2 Å². The molecule has 0 fully saturated rings. The lowest BCUT2D eigenvalue weighted by molar-refractivity contribution is 0.0938. The number of nitrogens with one attached hydrogen (secondary N) is 3. The van der Waals surface area contributed by atoms with Crippen molar-refractivity contribution in [1.82, 2.24) is 15.5 Å². The van der Waals surface area contributed by atoms with E-state index < -0.39 is 29.5 Å². The van der Waals surface area contributed by atoms with Gasteiger partial charge in [0.25, 0.3) is 5.91 Å². The number of rotatable bonds is 8. The summed E-state index contributed by atoms with van der Waals surface area (Å²) in [6, 6.07) is 16.6. The van der Waals surface area contributed by atoms with Gasteiger partial charge in [-0.3, -0.25) is 9.89 Å². The zero-order valence-electron chi connectivity index (χ0n) is 18.7. The van der Waals surface area contributed by atoms with Crippen molar-refractivity contribution in [1.29, 1.82) is 0 Å². The van der Waals surface area contributed by atoms with Crippen molar-refractivity contribution in [2.75, 3.05) is 5.32 Å². The zero-order valence-corrected chi connectivity index (χ0v) is 18.7. The number of H-pyrrole nitrogens is 1. The standard InChI is InChI=1S/C26H22F4N4O/c1-15-4-2-3-5-16(15)8-11-23(32-26(35)18-12-20(28)25(30)21(29)13-18)31-24-14-22(33-34-24)17-6-9-19(27)10-7-17/h2-7,9-10,12-14,23H,8,11H2,1H3,(H,32,35)(H2,31,33,34). The molecule has 3 N–H and O–H groups in total. The molecule has 0 saturated carbocycles. The van der Waals surface area contributed by atoms with E-state index in [2.05, 4.69) is 20.8 Å². The molecule has 1 atom stereocenters. The molecule has 9 heteroatoms. The normalized spacial score (nSPS) is 11.8. The quantitative estimate of drug-likeness (QED) is 0.170. The number of aryl methyl sites for hydroxylation is 2. The van der Waals surface area contributed by atoms with E-state index in [0.717, 1.165) is 11.1 Å². The van der Waals surface area contributed by atoms with Crippen LogP contribution in [0.15, 0.2) is 66.7 Å². The van der Waals surface area contributed by atoms with Gasteiger partial charge in [0.1, 0.15) is 17.8 Å². The van der Waals surface area contributed by atoms with Gasteiger partial charge >= 0.3 is 0 Å². The Morgan fingerprint density at radius 2 is 1.66 bits per heavy atom. The zero-order chi connectivity index (χ0) is 24.9. The molecule has 35 heavy (non-hydrogen) atoms. The molecule has 1 aromatic heterocycles. The van der Waals surface area contributed by atoms with E-state index >= 15 is 0 Å². The summed E-state index contributed by atoms with van der Waals surface area (Å²) in [5.41, 5.74) is 3.14. The van der Waals surface area contributed by atoms with Crippen LogP contribution in [0.2, 0.25) is 0 Å². The first-order valence-corrected chi connectivity index (χ1v) is 10.9. The maximum atomic E-state index is 13.6. The largest absolute Gasteiger partial charge is 0.349 e. The number of halogens is 4. The predicted molar refractivity (Wildman–Crippen MR) is 125 cm³/mol. The molecular weight excluding hydrogens is 460 g/mol. The fourth-order valence-corrected chi connectivity index (χ4v) is 3.65. The lowest BCUT2D eigenvalue weighted by atomic mass is 10.0. The lowest BCUT2D eigenvalue weighted by Crippen LogP contribution is -2.41. The van der Waals surface area contributed by atoms with E-state index in [1.54, 1.807) is 18.2 Å². The summed E-state index contributed by atoms with van der Waals surface area (Å²) < 4.78 is 53.8. The number of benzene rings is 3. The molecule has 0 aliphatic carbocycles. The van der Waals surface area contributed by atoms with Gasteiger partial charge in [-0.1, -0.05) is 24.3 Å². The molecule has 4 aromatic rings. The van der Waals surface area contributed by atoms with Gasteiger partial charge in [0.2, 0.25) is 0 Å². The van der Waals surface area contributed by atoms with Crippen molar-refractivity contribution >= 4 is 11.7 Å². The predicted octanol–water partition coefficient (Wildman–Crippen LogP) is 5.74. The number of anilines is 1. The first-order chi connectivity index (χ1) is 16.8. The third-order valence-corrected chi connectivity index (χ3v) is 5.57. The first-order valence-electron chi connectivity index (χ1n) is 10.9. The number of carbonyl (C=O) groups excluding carboxylic acids is 1. The average molecular weight is 482 g/mol. The molecule has 0 radical (unpaired) electrons. The molecule has 1 amide bonds. The molecule has 4 rings (SSSR count). The van der Waals surface area contributed by atoms with Crippen LogP contribution < -0.4 is 10.6 Å². The van der Waals surface area contributed by atoms with Crippen LogP contribution in [-0.4, -0.2) is 22.3 Å². The molecule has 0 aliphatic heterocycles. The highest BCUT2D eigenvalue weighted by Gasteiger charge is 2.19. The van der Waals surface area contributed by atoms with Gasteiger partial charge in [-0.25, -0.2) is 17.6 Å². The summed E-state index contributed by atoms with van der Waals surface area (Å²) in [6.07, 6.45) is 0.329. The minimum atomic E-state index is -1.64. The Balaban J connectivity index is 1.53. The Bertz CT molecular complexity index is 1310. The molecule has 1 unspecified atom stereocenters. The third kappa shape index (κ3) is 5.87. The van der Waals surface area contributed by atoms with Gasteiger partial charge in [0, 0.05) is 11.6 Å². The van der Waals surface area contributed by atoms with Gasteiger partial charge in [0.05, 0.1) is 5.69 Å². The molecule has 3 aromatic carbocycles. The number of carbonyl (C=O) groups is 1. The summed E-state index contributed by atoms with van der Waals surface area (Å²) >= 11 is 0. The second-order valence-electron chi connectivity index (χ2n) is 8.06. The monoisotopic (exact) mass is 482 g/mol. The number of amides is 1. The molecule has 180 valence electrons. The second-order valence-corrected chi connectivity index (χ2v) is 8.06. The van der Waals surface area contributed by atoms with Crippen molar-refractivity contribution in [3.05, 3.63) is 107 Å². The molecule has 0 spiro atoms. The van der Waals surface area contributed by atoms with Crippen molar-refractivity contribution < 1.29 is 22.4 Å².